The number of aliphatic carboxylic acids is 1. The first-order valence-corrected chi connectivity index (χ1v) is 18.3. The predicted octanol–water partition coefficient (Wildman–Crippen LogP) is 0.822. The number of benzene rings is 2. The number of phenols is 1. The lowest BCUT2D eigenvalue weighted by atomic mass is 10.0. The lowest BCUT2D eigenvalue weighted by molar-refractivity contribution is -0.142. The Labute approximate surface area is 300 Å². The zero-order chi connectivity index (χ0) is 36.6. The normalized spacial score (nSPS) is 14.2. The van der Waals surface area contributed by atoms with Gasteiger partial charge in [-0.3, -0.25) is 19.2 Å². The lowest BCUT2D eigenvalue weighted by Crippen LogP contribution is -2.59. The third kappa shape index (κ3) is 12.3. The monoisotopic (exact) mass is 729 g/mol. The Hall–Kier alpha value is -4.25. The molecule has 16 heteroatoms. The smallest absolute Gasteiger partial charge is 0.326 e. The number of aromatic hydroxyl groups is 1. The first-order chi connectivity index (χ1) is 24.0. The number of carbonyl (C=O) groups excluding carboxylic acids is 4. The number of para-hydroxylation sites is 1. The number of fused-ring (bicyclic) bond motifs is 1. The SMILES string of the molecule is CSCC[C@H](NC(=O)[C@H](Cc1ccc(O)cc1)NC(=O)[C@@H](N)CCCCN)C(=O)N[C@@H](CS)C(=O)N[C@@H](Cc1c[nH]c2ccccc12)C(=O)O. The Morgan fingerprint density at radius 3 is 2.10 bits per heavy atom. The highest BCUT2D eigenvalue weighted by Crippen LogP contribution is 2.19. The summed E-state index contributed by atoms with van der Waals surface area (Å²) < 4.78 is 0. The van der Waals surface area contributed by atoms with Crippen LogP contribution < -0.4 is 32.7 Å². The van der Waals surface area contributed by atoms with Gasteiger partial charge in [0.1, 0.15) is 29.9 Å². The van der Waals surface area contributed by atoms with Crippen molar-refractivity contribution in [3.63, 3.8) is 0 Å². The fourth-order valence-electron chi connectivity index (χ4n) is 5.23. The molecule has 0 bridgehead atoms. The Morgan fingerprint density at radius 1 is 0.820 bits per heavy atom. The number of H-pyrrole nitrogens is 1. The number of amides is 4. The van der Waals surface area contributed by atoms with Gasteiger partial charge in [-0.1, -0.05) is 36.8 Å². The van der Waals surface area contributed by atoms with Gasteiger partial charge in [0.25, 0.3) is 0 Å². The molecule has 1 aromatic heterocycles. The van der Waals surface area contributed by atoms with E-state index in [9.17, 15) is 34.2 Å². The topological polar surface area (TPSA) is 242 Å². The van der Waals surface area contributed by atoms with Crippen molar-refractivity contribution in [3.05, 3.63) is 65.9 Å². The predicted molar refractivity (Wildman–Crippen MR) is 197 cm³/mol. The molecule has 272 valence electrons. The molecule has 0 fully saturated rings. The highest BCUT2D eigenvalue weighted by molar-refractivity contribution is 7.98. The molecule has 5 atom stereocenters. The minimum absolute atomic E-state index is 0.00442. The second kappa shape index (κ2) is 20.4. The van der Waals surface area contributed by atoms with Gasteiger partial charge < -0.3 is 47.9 Å². The number of thiol groups is 1. The molecule has 4 amide bonds. The summed E-state index contributed by atoms with van der Waals surface area (Å²) in [6, 6.07) is 7.89. The molecule has 11 N–H and O–H groups in total. The van der Waals surface area contributed by atoms with Crippen molar-refractivity contribution < 1.29 is 34.2 Å². The number of hydrogen-bond acceptors (Lipinski definition) is 10. The number of phenolic OH excluding ortho intramolecular Hbond substituents is 1. The third-order valence-corrected chi connectivity index (χ3v) is 9.10. The summed E-state index contributed by atoms with van der Waals surface area (Å²) in [7, 11) is 0. The van der Waals surface area contributed by atoms with Crippen LogP contribution in [0.5, 0.6) is 5.75 Å². The largest absolute Gasteiger partial charge is 0.508 e. The van der Waals surface area contributed by atoms with Gasteiger partial charge in [0, 0.05) is 35.7 Å². The number of thioether (sulfide) groups is 1. The van der Waals surface area contributed by atoms with E-state index in [2.05, 4.69) is 38.9 Å². The maximum absolute atomic E-state index is 13.7. The Morgan fingerprint density at radius 2 is 1.44 bits per heavy atom. The van der Waals surface area contributed by atoms with Crippen molar-refractivity contribution in [2.45, 2.75) is 68.7 Å². The maximum atomic E-state index is 13.7. The molecule has 0 saturated heterocycles. The highest BCUT2D eigenvalue weighted by atomic mass is 32.2. The van der Waals surface area contributed by atoms with Gasteiger partial charge in [-0.15, -0.1) is 0 Å². The number of carbonyl (C=O) groups is 5. The van der Waals surface area contributed by atoms with Crippen molar-refractivity contribution in [3.8, 4) is 5.75 Å². The van der Waals surface area contributed by atoms with Crippen LogP contribution in [0.25, 0.3) is 10.9 Å². The lowest BCUT2D eigenvalue weighted by Gasteiger charge is -2.26. The average Bonchev–Trinajstić information content (AvgIpc) is 3.51. The molecule has 2 aromatic carbocycles. The summed E-state index contributed by atoms with van der Waals surface area (Å²) in [6.45, 7) is 0.459. The van der Waals surface area contributed by atoms with Crippen LogP contribution in [0.1, 0.15) is 36.8 Å². The molecular formula is C34H47N7O7S2. The number of nitrogens with two attached hydrogens (primary N) is 2. The number of hydrogen-bond donors (Lipinski definition) is 10. The van der Waals surface area contributed by atoms with Crippen LogP contribution in [-0.4, -0.2) is 99.3 Å². The fraction of sp³-hybridized carbons (Fsp3) is 0.441. The van der Waals surface area contributed by atoms with Crippen LogP contribution in [-0.2, 0) is 36.8 Å². The Kier molecular flexibility index (Phi) is 16.4. The van der Waals surface area contributed by atoms with Gasteiger partial charge >= 0.3 is 5.97 Å². The van der Waals surface area contributed by atoms with E-state index < -0.39 is 59.8 Å². The molecule has 1 heterocycles. The molecule has 0 spiro atoms. The van der Waals surface area contributed by atoms with Crippen LogP contribution in [0.15, 0.2) is 54.7 Å². The van der Waals surface area contributed by atoms with E-state index in [1.807, 2.05) is 30.5 Å². The van der Waals surface area contributed by atoms with Crippen molar-refractivity contribution in [1.29, 1.82) is 0 Å². The first-order valence-electron chi connectivity index (χ1n) is 16.3. The number of carboxylic acids is 1. The van der Waals surface area contributed by atoms with Crippen LogP contribution in [0, 0.1) is 0 Å². The minimum Gasteiger partial charge on any atom is -0.508 e. The van der Waals surface area contributed by atoms with E-state index in [1.165, 1.54) is 23.9 Å². The third-order valence-electron chi connectivity index (χ3n) is 8.09. The highest BCUT2D eigenvalue weighted by Gasteiger charge is 2.32. The van der Waals surface area contributed by atoms with E-state index in [0.717, 1.165) is 10.9 Å². The fourth-order valence-corrected chi connectivity index (χ4v) is 5.96. The van der Waals surface area contributed by atoms with E-state index in [4.69, 9.17) is 11.5 Å². The summed E-state index contributed by atoms with van der Waals surface area (Å²) in [5.74, 6) is -3.53. The van der Waals surface area contributed by atoms with Gasteiger partial charge in [-0.25, -0.2) is 4.79 Å². The molecule has 50 heavy (non-hydrogen) atoms. The molecule has 0 unspecified atom stereocenters. The second-order valence-electron chi connectivity index (χ2n) is 11.9. The van der Waals surface area contributed by atoms with Crippen molar-refractivity contribution in [1.82, 2.24) is 26.3 Å². The molecule has 3 rings (SSSR count). The molecule has 0 aliphatic heterocycles. The molecular weight excluding hydrogens is 683 g/mol. The van der Waals surface area contributed by atoms with Crippen LogP contribution in [0.2, 0.25) is 0 Å². The van der Waals surface area contributed by atoms with E-state index in [1.54, 1.807) is 18.3 Å². The van der Waals surface area contributed by atoms with Crippen molar-refractivity contribution in [2.75, 3.05) is 24.3 Å². The summed E-state index contributed by atoms with van der Waals surface area (Å²) in [6.07, 6.45) is 5.44. The quantitative estimate of drug-likeness (QED) is 0.0547. The standard InChI is InChI=1S/C34H47N7O7S2/c1-50-15-13-26(38-32(45)27(16-20-9-11-22(42)12-10-20)39-30(43)24(36)7-4-5-14-35)31(44)41-29(19-49)33(46)40-28(34(47)48)17-21-18-37-25-8-3-2-6-23(21)25/h2-3,6,8-12,18,24,26-29,37,42,49H,4-5,7,13-17,19,35-36H2,1H3,(H,38,45)(H,39,43)(H,40,46)(H,41,44)(H,47,48)/t24-,26-,27-,28-,29-/m0/s1. The van der Waals surface area contributed by atoms with Crippen LogP contribution in [0.4, 0.5) is 0 Å². The average molecular weight is 730 g/mol. The first kappa shape index (κ1) is 40.2. The number of aromatic amines is 1. The molecule has 0 radical (unpaired) electrons. The maximum Gasteiger partial charge on any atom is 0.326 e. The van der Waals surface area contributed by atoms with Gasteiger partial charge in [0.05, 0.1) is 6.04 Å². The number of nitrogens with one attached hydrogen (secondary N) is 5. The van der Waals surface area contributed by atoms with Gasteiger partial charge in [-0.2, -0.15) is 24.4 Å². The summed E-state index contributed by atoms with van der Waals surface area (Å²) in [5, 5.41) is 30.9. The molecule has 0 saturated carbocycles. The number of rotatable bonds is 21. The summed E-state index contributed by atoms with van der Waals surface area (Å²) >= 11 is 5.67. The van der Waals surface area contributed by atoms with Crippen LogP contribution in [0.3, 0.4) is 0 Å². The molecule has 3 aromatic rings. The van der Waals surface area contributed by atoms with Crippen molar-refractivity contribution in [2.24, 2.45) is 11.5 Å². The van der Waals surface area contributed by atoms with E-state index >= 15 is 0 Å². The van der Waals surface area contributed by atoms with Gasteiger partial charge in [-0.05, 0) is 67.1 Å². The Bertz CT molecular complexity index is 1590. The zero-order valence-corrected chi connectivity index (χ0v) is 29.6. The number of aromatic nitrogens is 1. The number of carboxylic acid groups (broad SMARTS) is 1. The molecule has 14 nitrogen and oxygen atoms in total. The Balaban J connectivity index is 1.73. The van der Waals surface area contributed by atoms with Crippen molar-refractivity contribution >= 4 is 64.9 Å². The minimum atomic E-state index is -1.29. The number of unbranched alkanes of at least 4 members (excludes halogenated alkanes) is 1. The van der Waals surface area contributed by atoms with Crippen LogP contribution >= 0.6 is 24.4 Å². The van der Waals surface area contributed by atoms with E-state index in [-0.39, 0.29) is 30.8 Å². The van der Waals surface area contributed by atoms with E-state index in [0.29, 0.717) is 42.7 Å². The molecule has 0 aliphatic rings. The van der Waals surface area contributed by atoms with Gasteiger partial charge in [0.2, 0.25) is 23.6 Å². The summed E-state index contributed by atoms with van der Waals surface area (Å²) in [5.41, 5.74) is 13.8. The van der Waals surface area contributed by atoms with Gasteiger partial charge in [0.15, 0.2) is 0 Å². The summed E-state index contributed by atoms with van der Waals surface area (Å²) in [4.78, 5) is 68.7. The molecule has 0 aliphatic carbocycles. The second-order valence-corrected chi connectivity index (χ2v) is 13.2. The zero-order valence-electron chi connectivity index (χ0n) is 27.9.